The average molecular weight is 349 g/mol. The molecule has 1 saturated heterocycles. The van der Waals surface area contributed by atoms with Crippen molar-refractivity contribution in [3.8, 4) is 5.75 Å². The van der Waals surface area contributed by atoms with Gasteiger partial charge in [-0.15, -0.1) is 0 Å². The number of methoxy groups -OCH3 is 1. The maximum atomic E-state index is 12.8. The fourth-order valence-corrected chi connectivity index (χ4v) is 4.29. The molecule has 0 unspecified atom stereocenters. The van der Waals surface area contributed by atoms with Gasteiger partial charge in [0.1, 0.15) is 10.6 Å². The van der Waals surface area contributed by atoms with Crippen LogP contribution in [0.3, 0.4) is 0 Å². The maximum Gasteiger partial charge on any atom is 0.246 e. The summed E-state index contributed by atoms with van der Waals surface area (Å²) in [6, 6.07) is 3.09. The zero-order valence-electron chi connectivity index (χ0n) is 12.7. The highest BCUT2D eigenvalue weighted by atomic mass is 35.5. The van der Waals surface area contributed by atoms with E-state index in [0.29, 0.717) is 43.5 Å². The van der Waals surface area contributed by atoms with E-state index in [-0.39, 0.29) is 11.5 Å². The van der Waals surface area contributed by atoms with E-state index >= 15 is 0 Å². The standard InChI is InChI=1S/C14H21ClN2O4S/c1-11-9-13(21-2)14(10-12(11)15)22(19,20)17-5-3-16(4-6-17)7-8-18/h9-10,18H,3-8H2,1-2H3. The summed E-state index contributed by atoms with van der Waals surface area (Å²) in [7, 11) is -2.20. The van der Waals surface area contributed by atoms with Gasteiger partial charge in [0.05, 0.1) is 13.7 Å². The number of nitrogens with zero attached hydrogens (tertiary/aromatic N) is 2. The summed E-state index contributed by atoms with van der Waals surface area (Å²) in [4.78, 5) is 2.13. The van der Waals surface area contributed by atoms with Crippen LogP contribution >= 0.6 is 11.6 Å². The zero-order chi connectivity index (χ0) is 16.3. The van der Waals surface area contributed by atoms with Gasteiger partial charge in [-0.05, 0) is 24.6 Å². The van der Waals surface area contributed by atoms with Crippen LogP contribution < -0.4 is 4.74 Å². The van der Waals surface area contributed by atoms with Crippen molar-refractivity contribution in [3.63, 3.8) is 0 Å². The fraction of sp³-hybridized carbons (Fsp3) is 0.571. The average Bonchev–Trinajstić information content (AvgIpc) is 2.50. The predicted octanol–water partition coefficient (Wildman–Crippen LogP) is 0.956. The molecule has 0 bridgehead atoms. The van der Waals surface area contributed by atoms with Crippen LogP contribution in [0.15, 0.2) is 17.0 Å². The summed E-state index contributed by atoms with van der Waals surface area (Å²) in [5.74, 6) is 0.305. The van der Waals surface area contributed by atoms with Crippen molar-refractivity contribution in [2.75, 3.05) is 46.4 Å². The second-order valence-corrected chi connectivity index (χ2v) is 7.54. The lowest BCUT2D eigenvalue weighted by molar-refractivity contribution is 0.151. The Balaban J connectivity index is 2.26. The van der Waals surface area contributed by atoms with E-state index < -0.39 is 10.0 Å². The van der Waals surface area contributed by atoms with Crippen molar-refractivity contribution in [3.05, 3.63) is 22.7 Å². The Kier molecular flexibility index (Phi) is 5.68. The van der Waals surface area contributed by atoms with Gasteiger partial charge in [-0.3, -0.25) is 4.90 Å². The van der Waals surface area contributed by atoms with Crippen LogP contribution in [0, 0.1) is 6.92 Å². The minimum atomic E-state index is -3.65. The van der Waals surface area contributed by atoms with Crippen LogP contribution in [0.1, 0.15) is 5.56 Å². The highest BCUT2D eigenvalue weighted by Gasteiger charge is 2.31. The summed E-state index contributed by atoms with van der Waals surface area (Å²) >= 11 is 6.08. The maximum absolute atomic E-state index is 12.8. The molecule has 1 heterocycles. The molecule has 22 heavy (non-hydrogen) atoms. The van der Waals surface area contributed by atoms with Crippen LogP contribution in [0.5, 0.6) is 5.75 Å². The van der Waals surface area contributed by atoms with E-state index in [1.165, 1.54) is 17.5 Å². The number of β-amino-alcohol motifs (C(OH)–C–C–N with tert-alkyl or cyclic N) is 1. The summed E-state index contributed by atoms with van der Waals surface area (Å²) in [6.07, 6.45) is 0. The predicted molar refractivity (Wildman–Crippen MR) is 85.0 cm³/mol. The number of ether oxygens (including phenoxy) is 1. The normalized spacial score (nSPS) is 17.6. The number of aliphatic hydroxyl groups excluding tert-OH is 1. The van der Waals surface area contributed by atoms with Crippen molar-refractivity contribution in [1.29, 1.82) is 0 Å². The summed E-state index contributed by atoms with van der Waals surface area (Å²) < 4.78 is 32.3. The lowest BCUT2D eigenvalue weighted by atomic mass is 10.2. The number of rotatable bonds is 5. The quantitative estimate of drug-likeness (QED) is 0.858. The third kappa shape index (κ3) is 3.55. The van der Waals surface area contributed by atoms with Crippen molar-refractivity contribution in [1.82, 2.24) is 9.21 Å². The SMILES string of the molecule is COc1cc(C)c(Cl)cc1S(=O)(=O)N1CCN(CCO)CC1. The molecule has 1 aliphatic rings. The van der Waals surface area contributed by atoms with Crippen LogP contribution in [0.25, 0.3) is 0 Å². The molecule has 6 nitrogen and oxygen atoms in total. The fourth-order valence-electron chi connectivity index (χ4n) is 2.47. The van der Waals surface area contributed by atoms with Gasteiger partial charge >= 0.3 is 0 Å². The van der Waals surface area contributed by atoms with Crippen molar-refractivity contribution >= 4 is 21.6 Å². The Morgan fingerprint density at radius 2 is 1.91 bits per heavy atom. The van der Waals surface area contributed by atoms with Crippen LogP contribution in [0.2, 0.25) is 5.02 Å². The minimum absolute atomic E-state index is 0.0775. The molecule has 0 spiro atoms. The Morgan fingerprint density at radius 3 is 2.45 bits per heavy atom. The van der Waals surface area contributed by atoms with Gasteiger partial charge < -0.3 is 9.84 Å². The molecule has 1 aliphatic heterocycles. The molecule has 1 aromatic rings. The third-order valence-corrected chi connectivity index (χ3v) is 6.14. The van der Waals surface area contributed by atoms with E-state index in [9.17, 15) is 8.42 Å². The van der Waals surface area contributed by atoms with E-state index in [1.807, 2.05) is 4.90 Å². The molecule has 0 atom stereocenters. The van der Waals surface area contributed by atoms with Crippen molar-refractivity contribution in [2.45, 2.75) is 11.8 Å². The summed E-state index contributed by atoms with van der Waals surface area (Å²) in [5.41, 5.74) is 0.769. The largest absolute Gasteiger partial charge is 0.495 e. The van der Waals surface area contributed by atoms with Crippen molar-refractivity contribution in [2.24, 2.45) is 0 Å². The van der Waals surface area contributed by atoms with E-state index in [2.05, 4.69) is 0 Å². The monoisotopic (exact) mass is 348 g/mol. The highest BCUT2D eigenvalue weighted by Crippen LogP contribution is 2.32. The van der Waals surface area contributed by atoms with Gasteiger partial charge in [-0.2, -0.15) is 4.31 Å². The van der Waals surface area contributed by atoms with Crippen molar-refractivity contribution < 1.29 is 18.3 Å². The Hall–Kier alpha value is -0.860. The second kappa shape index (κ2) is 7.14. The highest BCUT2D eigenvalue weighted by molar-refractivity contribution is 7.89. The Labute approximate surface area is 136 Å². The summed E-state index contributed by atoms with van der Waals surface area (Å²) in [6.45, 7) is 4.41. The van der Waals surface area contributed by atoms with Gasteiger partial charge in [0.25, 0.3) is 0 Å². The molecule has 0 amide bonds. The first-order chi connectivity index (χ1) is 10.4. The molecule has 1 N–H and O–H groups in total. The van der Waals surface area contributed by atoms with Gasteiger partial charge in [-0.25, -0.2) is 8.42 Å². The van der Waals surface area contributed by atoms with Gasteiger partial charge in [0, 0.05) is 37.7 Å². The molecule has 8 heteroatoms. The molecule has 0 aromatic heterocycles. The second-order valence-electron chi connectivity index (χ2n) is 5.22. The lowest BCUT2D eigenvalue weighted by Gasteiger charge is -2.33. The number of aryl methyl sites for hydroxylation is 1. The minimum Gasteiger partial charge on any atom is -0.495 e. The topological polar surface area (TPSA) is 70.1 Å². The van der Waals surface area contributed by atoms with Gasteiger partial charge in [-0.1, -0.05) is 11.6 Å². The van der Waals surface area contributed by atoms with E-state index in [0.717, 1.165) is 5.56 Å². The molecule has 124 valence electrons. The molecule has 0 saturated carbocycles. The van der Waals surface area contributed by atoms with E-state index in [1.54, 1.807) is 13.0 Å². The third-order valence-electron chi connectivity index (χ3n) is 3.81. The molecule has 2 rings (SSSR count). The number of sulfonamides is 1. The van der Waals surface area contributed by atoms with E-state index in [4.69, 9.17) is 21.4 Å². The number of hydrogen-bond acceptors (Lipinski definition) is 5. The number of hydrogen-bond donors (Lipinski definition) is 1. The molecule has 1 fully saturated rings. The molecular weight excluding hydrogens is 328 g/mol. The first-order valence-corrected chi connectivity index (χ1v) is 8.89. The first-order valence-electron chi connectivity index (χ1n) is 7.07. The number of halogens is 1. The Bertz CT molecular complexity index is 628. The number of benzene rings is 1. The van der Waals surface area contributed by atoms with Gasteiger partial charge in [0.15, 0.2) is 0 Å². The number of piperazine rings is 1. The molecular formula is C14H21ClN2O4S. The van der Waals surface area contributed by atoms with Gasteiger partial charge in [0.2, 0.25) is 10.0 Å². The van der Waals surface area contributed by atoms with Crippen LogP contribution in [0.4, 0.5) is 0 Å². The smallest absolute Gasteiger partial charge is 0.246 e. The first kappa shape index (κ1) is 17.5. The number of aliphatic hydroxyl groups is 1. The molecule has 0 aliphatic carbocycles. The van der Waals surface area contributed by atoms with Crippen LogP contribution in [-0.2, 0) is 10.0 Å². The van der Waals surface area contributed by atoms with Crippen LogP contribution in [-0.4, -0.2) is 69.2 Å². The lowest BCUT2D eigenvalue weighted by Crippen LogP contribution is -2.49. The Morgan fingerprint density at radius 1 is 1.27 bits per heavy atom. The summed E-state index contributed by atoms with van der Waals surface area (Å²) in [5, 5.41) is 9.34. The molecule has 1 aromatic carbocycles. The molecule has 0 radical (unpaired) electrons. The zero-order valence-corrected chi connectivity index (χ0v) is 14.3.